The minimum absolute atomic E-state index is 0.0101. The molecule has 12 heteroatoms. The van der Waals surface area contributed by atoms with Crippen LogP contribution in [0.2, 0.25) is 0 Å². The highest BCUT2D eigenvalue weighted by Gasteiger charge is 2.46. The first kappa shape index (κ1) is 23.4. The number of rotatable bonds is 5. The molecule has 0 fully saturated rings. The molecule has 2 aromatic carbocycles. The van der Waals surface area contributed by atoms with Crippen LogP contribution in [0.3, 0.4) is 0 Å². The van der Waals surface area contributed by atoms with Crippen LogP contribution < -0.4 is 10.6 Å². The van der Waals surface area contributed by atoms with Crippen molar-refractivity contribution in [2.75, 3.05) is 19.0 Å². The second-order valence-corrected chi connectivity index (χ2v) is 9.65. The van der Waals surface area contributed by atoms with Crippen LogP contribution in [0.5, 0.6) is 5.88 Å². The minimum atomic E-state index is -5.53. The van der Waals surface area contributed by atoms with Crippen LogP contribution in [0.1, 0.15) is 5.56 Å². The van der Waals surface area contributed by atoms with Crippen LogP contribution in [0, 0.1) is 0 Å². The van der Waals surface area contributed by atoms with Gasteiger partial charge in [-0.2, -0.15) is 13.2 Å². The number of nitrogens with zero attached hydrogens (tertiary/aromatic N) is 4. The number of aromatic hydroxyl groups is 1. The molecule has 0 aliphatic carbocycles. The number of hydrogen-bond donors (Lipinski definition) is 1. The Balaban J connectivity index is 1.75. The Kier molecular flexibility index (Phi) is 5.64. The van der Waals surface area contributed by atoms with Crippen molar-refractivity contribution in [1.29, 1.82) is 0 Å². The van der Waals surface area contributed by atoms with Gasteiger partial charge in [0.2, 0.25) is 5.88 Å². The van der Waals surface area contributed by atoms with Crippen LogP contribution in [-0.2, 0) is 16.4 Å². The second kappa shape index (κ2) is 8.20. The number of pyridine rings is 1. The quantitative estimate of drug-likeness (QED) is 0.459. The molecule has 0 bridgehead atoms. The average molecular weight is 492 g/mol. The number of imidazole rings is 1. The number of benzene rings is 2. The van der Waals surface area contributed by atoms with E-state index in [1.165, 1.54) is 10.8 Å². The normalized spacial score (nSPS) is 12.3. The summed E-state index contributed by atoms with van der Waals surface area (Å²) in [6.45, 7) is 0.0871. The van der Waals surface area contributed by atoms with Gasteiger partial charge in [0.1, 0.15) is 0 Å². The fourth-order valence-corrected chi connectivity index (χ4v) is 4.45. The molecule has 0 aliphatic rings. The molecular formula is C22H19F3N4O4S. The number of aromatic nitrogens is 3. The molecule has 0 saturated carbocycles. The van der Waals surface area contributed by atoms with Crippen LogP contribution in [0.15, 0.2) is 70.6 Å². The van der Waals surface area contributed by atoms with E-state index in [0.29, 0.717) is 0 Å². The summed E-state index contributed by atoms with van der Waals surface area (Å²) >= 11 is 0. The SMILES string of the molecule is CN(C)c1cccc2nccc(Cn3cc(O)n(-c4ccc(S(=O)(=O)C(F)(F)F)cc4)c3=O)c12. The predicted octanol–water partition coefficient (Wildman–Crippen LogP) is 3.30. The summed E-state index contributed by atoms with van der Waals surface area (Å²) in [5.41, 5.74) is -3.72. The molecule has 34 heavy (non-hydrogen) atoms. The van der Waals surface area contributed by atoms with E-state index in [4.69, 9.17) is 0 Å². The molecule has 8 nitrogen and oxygen atoms in total. The lowest BCUT2D eigenvalue weighted by atomic mass is 10.1. The van der Waals surface area contributed by atoms with Crippen molar-refractivity contribution in [2.24, 2.45) is 0 Å². The Hall–Kier alpha value is -3.80. The van der Waals surface area contributed by atoms with Gasteiger partial charge in [-0.1, -0.05) is 6.07 Å². The van der Waals surface area contributed by atoms with Crippen LogP contribution >= 0.6 is 0 Å². The Bertz CT molecular complexity index is 1530. The molecule has 4 aromatic rings. The van der Waals surface area contributed by atoms with Gasteiger partial charge in [0, 0.05) is 31.4 Å². The van der Waals surface area contributed by atoms with Crippen LogP contribution in [0.25, 0.3) is 16.6 Å². The van der Waals surface area contributed by atoms with Gasteiger partial charge in [-0.25, -0.2) is 17.8 Å². The van der Waals surface area contributed by atoms with E-state index in [0.717, 1.165) is 51.0 Å². The van der Waals surface area contributed by atoms with Gasteiger partial charge in [0.25, 0.3) is 9.84 Å². The fraction of sp³-hybridized carbons (Fsp3) is 0.182. The summed E-state index contributed by atoms with van der Waals surface area (Å²) < 4.78 is 63.6. The topological polar surface area (TPSA) is 97.4 Å². The van der Waals surface area contributed by atoms with Crippen molar-refractivity contribution in [1.82, 2.24) is 14.1 Å². The van der Waals surface area contributed by atoms with Crippen molar-refractivity contribution in [3.05, 3.63) is 77.0 Å². The second-order valence-electron chi connectivity index (χ2n) is 7.71. The maximum atomic E-state index is 13.0. The molecule has 2 aromatic heterocycles. The predicted molar refractivity (Wildman–Crippen MR) is 120 cm³/mol. The largest absolute Gasteiger partial charge is 0.501 e. The maximum Gasteiger partial charge on any atom is 0.501 e. The molecule has 0 atom stereocenters. The van der Waals surface area contributed by atoms with Gasteiger partial charge in [-0.15, -0.1) is 0 Å². The van der Waals surface area contributed by atoms with E-state index in [9.17, 15) is 31.5 Å². The maximum absolute atomic E-state index is 13.0. The fourth-order valence-electron chi connectivity index (χ4n) is 3.69. The summed E-state index contributed by atoms with van der Waals surface area (Å²) in [4.78, 5) is 18.3. The number of anilines is 1. The van der Waals surface area contributed by atoms with Gasteiger partial charge in [0.05, 0.1) is 28.8 Å². The van der Waals surface area contributed by atoms with E-state index in [2.05, 4.69) is 4.98 Å². The molecule has 0 spiro atoms. The van der Waals surface area contributed by atoms with Crippen molar-refractivity contribution >= 4 is 26.4 Å². The summed E-state index contributed by atoms with van der Waals surface area (Å²) in [5, 5.41) is 11.2. The van der Waals surface area contributed by atoms with Crippen LogP contribution in [0.4, 0.5) is 18.9 Å². The van der Waals surface area contributed by atoms with E-state index in [1.54, 1.807) is 12.3 Å². The third kappa shape index (κ3) is 3.89. The molecular weight excluding hydrogens is 473 g/mol. The molecule has 2 heterocycles. The highest BCUT2D eigenvalue weighted by atomic mass is 32.2. The average Bonchev–Trinajstić information content (AvgIpc) is 3.05. The minimum Gasteiger partial charge on any atom is -0.493 e. The lowest BCUT2D eigenvalue weighted by Gasteiger charge is -2.17. The van der Waals surface area contributed by atoms with Gasteiger partial charge >= 0.3 is 11.2 Å². The zero-order chi connectivity index (χ0) is 24.8. The zero-order valence-electron chi connectivity index (χ0n) is 18.0. The van der Waals surface area contributed by atoms with E-state index < -0.39 is 31.8 Å². The highest BCUT2D eigenvalue weighted by Crippen LogP contribution is 2.31. The van der Waals surface area contributed by atoms with E-state index in [-0.39, 0.29) is 12.2 Å². The first-order chi connectivity index (χ1) is 15.9. The number of halogens is 3. The third-order valence-electron chi connectivity index (χ3n) is 5.30. The number of alkyl halides is 3. The molecule has 0 saturated heterocycles. The summed E-state index contributed by atoms with van der Waals surface area (Å²) in [5.74, 6) is -0.456. The lowest BCUT2D eigenvalue weighted by molar-refractivity contribution is -0.0436. The molecule has 0 radical (unpaired) electrons. The van der Waals surface area contributed by atoms with E-state index >= 15 is 0 Å². The Morgan fingerprint density at radius 3 is 2.35 bits per heavy atom. The van der Waals surface area contributed by atoms with Crippen molar-refractivity contribution in [3.8, 4) is 11.6 Å². The van der Waals surface area contributed by atoms with Gasteiger partial charge in [-0.05, 0) is 48.0 Å². The van der Waals surface area contributed by atoms with Crippen molar-refractivity contribution in [2.45, 2.75) is 16.9 Å². The Morgan fingerprint density at radius 2 is 1.74 bits per heavy atom. The smallest absolute Gasteiger partial charge is 0.493 e. The molecule has 1 N–H and O–H groups in total. The molecule has 0 unspecified atom stereocenters. The standard InChI is InChI=1S/C22H19F3N4O4S/c1-27(2)18-5-3-4-17-20(18)14(10-11-26-17)12-28-13-19(30)29(21(28)31)15-6-8-16(9-7-15)34(32,33)22(23,24)25/h3-11,13,30H,12H2,1-2H3. The number of fused-ring (bicyclic) bond motifs is 1. The number of hydrogen-bond acceptors (Lipinski definition) is 6. The van der Waals surface area contributed by atoms with Crippen molar-refractivity contribution < 1.29 is 26.7 Å². The Labute approximate surface area is 192 Å². The first-order valence-corrected chi connectivity index (χ1v) is 11.4. The van der Waals surface area contributed by atoms with Gasteiger partial charge in [-0.3, -0.25) is 9.55 Å². The summed E-state index contributed by atoms with van der Waals surface area (Å²) in [7, 11) is -1.77. The highest BCUT2D eigenvalue weighted by molar-refractivity contribution is 7.92. The molecule has 0 amide bonds. The first-order valence-electron chi connectivity index (χ1n) is 9.88. The van der Waals surface area contributed by atoms with E-state index in [1.807, 2.05) is 37.2 Å². The van der Waals surface area contributed by atoms with Gasteiger partial charge in [0.15, 0.2) is 0 Å². The lowest BCUT2D eigenvalue weighted by Crippen LogP contribution is -2.24. The molecule has 4 rings (SSSR count). The Morgan fingerprint density at radius 1 is 1.06 bits per heavy atom. The summed E-state index contributed by atoms with van der Waals surface area (Å²) in [6, 6.07) is 10.9. The summed E-state index contributed by atoms with van der Waals surface area (Å²) in [6.07, 6.45) is 2.81. The third-order valence-corrected chi connectivity index (χ3v) is 6.80. The van der Waals surface area contributed by atoms with Crippen molar-refractivity contribution in [3.63, 3.8) is 0 Å². The zero-order valence-corrected chi connectivity index (χ0v) is 18.8. The van der Waals surface area contributed by atoms with Crippen LogP contribution in [-0.4, -0.2) is 47.2 Å². The number of sulfone groups is 1. The monoisotopic (exact) mass is 492 g/mol. The molecule has 0 aliphatic heterocycles. The molecule has 178 valence electrons. The van der Waals surface area contributed by atoms with Gasteiger partial charge < -0.3 is 10.0 Å².